The van der Waals surface area contributed by atoms with Crippen molar-refractivity contribution in [1.29, 1.82) is 0 Å². The van der Waals surface area contributed by atoms with E-state index in [2.05, 4.69) is 34.0 Å². The topological polar surface area (TPSA) is 56.7 Å². The molecule has 1 aliphatic rings. The maximum Gasteiger partial charge on any atom is 0.187 e. The van der Waals surface area contributed by atoms with E-state index in [4.69, 9.17) is 23.8 Å². The molecule has 2 aromatic rings. The van der Waals surface area contributed by atoms with Crippen LogP contribution in [-0.4, -0.2) is 16.4 Å². The predicted octanol–water partition coefficient (Wildman–Crippen LogP) is 3.53. The van der Waals surface area contributed by atoms with Crippen molar-refractivity contribution in [3.05, 3.63) is 64.2 Å². The molecule has 1 aliphatic carbocycles. The maximum atomic E-state index is 9.71. The standard InChI is InChI=1S/C17H16ClN3OS/c18-13-6-8-16(22)12(9-13)10-19-21-17(23)20-15-7-5-11-3-1-2-4-14(11)15/h1-4,6,8-10,15,22H,5,7H2,(H2,20,21,23)/b19-10+/t15-/m1/s1. The summed E-state index contributed by atoms with van der Waals surface area (Å²) in [6.07, 6.45) is 3.55. The summed E-state index contributed by atoms with van der Waals surface area (Å²) in [6, 6.07) is 13.3. The number of hydrazone groups is 1. The number of phenols is 1. The molecule has 0 spiro atoms. The maximum absolute atomic E-state index is 9.71. The molecule has 4 nitrogen and oxygen atoms in total. The lowest BCUT2D eigenvalue weighted by molar-refractivity contribution is 0.474. The summed E-state index contributed by atoms with van der Waals surface area (Å²) in [4.78, 5) is 0. The third-order valence-electron chi connectivity index (χ3n) is 3.80. The van der Waals surface area contributed by atoms with Crippen LogP contribution in [-0.2, 0) is 6.42 Å². The zero-order valence-electron chi connectivity index (χ0n) is 12.3. The highest BCUT2D eigenvalue weighted by Gasteiger charge is 2.22. The average Bonchev–Trinajstić information content (AvgIpc) is 2.94. The van der Waals surface area contributed by atoms with Crippen LogP contribution in [0.4, 0.5) is 0 Å². The van der Waals surface area contributed by atoms with E-state index < -0.39 is 0 Å². The molecule has 2 aromatic carbocycles. The summed E-state index contributed by atoms with van der Waals surface area (Å²) in [5.41, 5.74) is 5.94. The number of nitrogens with one attached hydrogen (secondary N) is 2. The molecule has 0 aromatic heterocycles. The van der Waals surface area contributed by atoms with Crippen molar-refractivity contribution in [2.24, 2.45) is 5.10 Å². The van der Waals surface area contributed by atoms with Crippen LogP contribution < -0.4 is 10.7 Å². The Morgan fingerprint density at radius 1 is 1.30 bits per heavy atom. The number of thiocarbonyl (C=S) groups is 1. The molecule has 3 N–H and O–H groups in total. The van der Waals surface area contributed by atoms with Gasteiger partial charge in [-0.2, -0.15) is 5.10 Å². The van der Waals surface area contributed by atoms with E-state index in [1.54, 1.807) is 12.1 Å². The third-order valence-corrected chi connectivity index (χ3v) is 4.24. The Balaban J connectivity index is 1.58. The van der Waals surface area contributed by atoms with Crippen molar-refractivity contribution in [2.75, 3.05) is 0 Å². The fourth-order valence-corrected chi connectivity index (χ4v) is 3.06. The number of aromatic hydroxyl groups is 1. The molecule has 0 bridgehead atoms. The smallest absolute Gasteiger partial charge is 0.187 e. The molecule has 0 saturated heterocycles. The highest BCUT2D eigenvalue weighted by Crippen LogP contribution is 2.30. The quantitative estimate of drug-likeness (QED) is 0.452. The summed E-state index contributed by atoms with van der Waals surface area (Å²) in [5.74, 6) is 0.114. The Hall–Kier alpha value is -2.11. The Labute approximate surface area is 145 Å². The SMILES string of the molecule is Oc1ccc(Cl)cc1/C=N/NC(=S)N[C@@H]1CCc2ccccc21. The van der Waals surface area contributed by atoms with Crippen molar-refractivity contribution in [1.82, 2.24) is 10.7 Å². The number of hydrogen-bond acceptors (Lipinski definition) is 3. The molecule has 118 valence electrons. The normalized spacial score (nSPS) is 16.3. The summed E-state index contributed by atoms with van der Waals surface area (Å²) < 4.78 is 0. The minimum atomic E-state index is 0.114. The first-order valence-electron chi connectivity index (χ1n) is 7.29. The fraction of sp³-hybridized carbons (Fsp3) is 0.176. The molecule has 0 aliphatic heterocycles. The van der Waals surface area contributed by atoms with Crippen molar-refractivity contribution in [3.8, 4) is 5.75 Å². The van der Waals surface area contributed by atoms with Gasteiger partial charge in [0.2, 0.25) is 0 Å². The fourth-order valence-electron chi connectivity index (χ4n) is 2.69. The van der Waals surface area contributed by atoms with Gasteiger partial charge < -0.3 is 10.4 Å². The summed E-state index contributed by atoms with van der Waals surface area (Å²) in [6.45, 7) is 0. The van der Waals surface area contributed by atoms with Crippen molar-refractivity contribution >= 4 is 35.1 Å². The summed E-state index contributed by atoms with van der Waals surface area (Å²) in [7, 11) is 0. The summed E-state index contributed by atoms with van der Waals surface area (Å²) >= 11 is 11.2. The number of fused-ring (bicyclic) bond motifs is 1. The third kappa shape index (κ3) is 3.81. The van der Waals surface area contributed by atoms with E-state index in [-0.39, 0.29) is 11.8 Å². The summed E-state index contributed by atoms with van der Waals surface area (Å²) in [5, 5.41) is 18.0. The van der Waals surface area contributed by atoms with Gasteiger partial charge in [-0.05, 0) is 54.4 Å². The minimum absolute atomic E-state index is 0.114. The van der Waals surface area contributed by atoms with Gasteiger partial charge in [0.1, 0.15) is 5.75 Å². The van der Waals surface area contributed by atoms with Gasteiger partial charge in [-0.1, -0.05) is 35.9 Å². The van der Waals surface area contributed by atoms with Gasteiger partial charge in [0, 0.05) is 10.6 Å². The molecule has 0 amide bonds. The number of rotatable bonds is 3. The molecule has 3 rings (SSSR count). The number of aryl methyl sites for hydroxylation is 1. The first-order valence-corrected chi connectivity index (χ1v) is 8.08. The molecular weight excluding hydrogens is 330 g/mol. The zero-order chi connectivity index (χ0) is 16.2. The lowest BCUT2D eigenvalue weighted by Gasteiger charge is -2.15. The van der Waals surface area contributed by atoms with Gasteiger partial charge in [0.25, 0.3) is 0 Å². The highest BCUT2D eigenvalue weighted by molar-refractivity contribution is 7.80. The Morgan fingerprint density at radius 2 is 2.13 bits per heavy atom. The lowest BCUT2D eigenvalue weighted by atomic mass is 10.1. The largest absolute Gasteiger partial charge is 0.507 e. The predicted molar refractivity (Wildman–Crippen MR) is 97.1 cm³/mol. The van der Waals surface area contributed by atoms with Gasteiger partial charge in [-0.25, -0.2) is 0 Å². The minimum Gasteiger partial charge on any atom is -0.507 e. The van der Waals surface area contributed by atoms with E-state index in [0.717, 1.165) is 12.8 Å². The van der Waals surface area contributed by atoms with Crippen molar-refractivity contribution < 1.29 is 5.11 Å². The second-order valence-corrected chi connectivity index (χ2v) is 6.18. The van der Waals surface area contributed by atoms with E-state index in [1.165, 1.54) is 23.4 Å². The zero-order valence-corrected chi connectivity index (χ0v) is 13.9. The van der Waals surface area contributed by atoms with Crippen LogP contribution >= 0.6 is 23.8 Å². The van der Waals surface area contributed by atoms with Gasteiger partial charge in [0.05, 0.1) is 12.3 Å². The molecule has 0 fully saturated rings. The Bertz CT molecular complexity index is 763. The molecule has 6 heteroatoms. The molecule has 1 atom stereocenters. The highest BCUT2D eigenvalue weighted by atomic mass is 35.5. The monoisotopic (exact) mass is 345 g/mol. The second-order valence-electron chi connectivity index (χ2n) is 5.34. The molecule has 0 unspecified atom stereocenters. The van der Waals surface area contributed by atoms with E-state index in [0.29, 0.717) is 15.7 Å². The van der Waals surface area contributed by atoms with Gasteiger partial charge in [-0.15, -0.1) is 0 Å². The number of benzene rings is 2. The Morgan fingerprint density at radius 3 is 3.00 bits per heavy atom. The molecule has 0 saturated carbocycles. The lowest BCUT2D eigenvalue weighted by Crippen LogP contribution is -2.34. The van der Waals surface area contributed by atoms with Crippen molar-refractivity contribution in [3.63, 3.8) is 0 Å². The second kappa shape index (κ2) is 6.98. The van der Waals surface area contributed by atoms with E-state index in [9.17, 15) is 5.11 Å². The first kappa shape index (κ1) is 15.8. The number of phenolic OH excluding ortho intramolecular Hbond substituents is 1. The number of hydrogen-bond donors (Lipinski definition) is 3. The molecule has 23 heavy (non-hydrogen) atoms. The van der Waals surface area contributed by atoms with Gasteiger partial charge >= 0.3 is 0 Å². The van der Waals surface area contributed by atoms with Crippen molar-refractivity contribution in [2.45, 2.75) is 18.9 Å². The van der Waals surface area contributed by atoms with Gasteiger partial charge in [0.15, 0.2) is 5.11 Å². The van der Waals surface area contributed by atoms with Crippen LogP contribution in [0.5, 0.6) is 5.75 Å². The number of halogens is 1. The molecular formula is C17H16ClN3OS. The average molecular weight is 346 g/mol. The van der Waals surface area contributed by atoms with E-state index in [1.807, 2.05) is 6.07 Å². The van der Waals surface area contributed by atoms with E-state index >= 15 is 0 Å². The van der Waals surface area contributed by atoms with Gasteiger partial charge in [-0.3, -0.25) is 5.43 Å². The van der Waals surface area contributed by atoms with Crippen LogP contribution in [0.1, 0.15) is 29.2 Å². The first-order chi connectivity index (χ1) is 11.1. The van der Waals surface area contributed by atoms with Crippen LogP contribution in [0.2, 0.25) is 5.02 Å². The van der Waals surface area contributed by atoms with Crippen LogP contribution in [0.3, 0.4) is 0 Å². The van der Waals surface area contributed by atoms with Crippen LogP contribution in [0, 0.1) is 0 Å². The van der Waals surface area contributed by atoms with Crippen LogP contribution in [0.25, 0.3) is 0 Å². The number of nitrogens with zero attached hydrogens (tertiary/aromatic N) is 1. The molecule has 0 heterocycles. The van der Waals surface area contributed by atoms with Crippen LogP contribution in [0.15, 0.2) is 47.6 Å². The molecule has 0 radical (unpaired) electrons. The Kier molecular flexibility index (Phi) is 4.79.